The largest absolute Gasteiger partial charge is 0.494 e. The maximum absolute atomic E-state index is 10.6. The predicted molar refractivity (Wildman–Crippen MR) is 115 cm³/mol. The number of H-pyrrole nitrogens is 1. The van der Waals surface area contributed by atoms with Crippen LogP contribution in [0.3, 0.4) is 0 Å². The van der Waals surface area contributed by atoms with Crippen LogP contribution < -0.4 is 0 Å². The molecule has 2 aliphatic rings. The minimum Gasteiger partial charge on any atom is -0.494 e. The standard InChI is InChI=1S/C21H23N7O2/c1-27-8-10-28(11-9-27)12-13-30-26-17-15-5-3-7-23-20(15)24-18(17)16-14-4-2-6-22-19(14)25-21(16)29/h2-7,29H,8-13H2,1H3,(H,22,25)/b26-17+. The van der Waals surface area contributed by atoms with Crippen molar-refractivity contribution in [1.82, 2.24) is 24.8 Å². The van der Waals surface area contributed by atoms with Gasteiger partial charge in [-0.15, -0.1) is 0 Å². The van der Waals surface area contributed by atoms with Gasteiger partial charge in [-0.25, -0.2) is 15.0 Å². The Balaban J connectivity index is 1.41. The number of aromatic hydroxyl groups is 1. The summed E-state index contributed by atoms with van der Waals surface area (Å²) in [5.74, 6) is 0.562. The molecule has 0 aromatic carbocycles. The van der Waals surface area contributed by atoms with Crippen LogP contribution in [0.25, 0.3) is 11.0 Å². The quantitative estimate of drug-likeness (QED) is 0.495. The fraction of sp³-hybridized carbons (Fsp3) is 0.333. The number of piperazine rings is 1. The number of pyridine rings is 2. The van der Waals surface area contributed by atoms with Crippen LogP contribution in [-0.2, 0) is 4.84 Å². The van der Waals surface area contributed by atoms with E-state index in [-0.39, 0.29) is 5.88 Å². The van der Waals surface area contributed by atoms with Gasteiger partial charge in [0.15, 0.2) is 11.7 Å². The Kier molecular flexibility index (Phi) is 4.89. The fourth-order valence-corrected chi connectivity index (χ4v) is 3.82. The molecule has 30 heavy (non-hydrogen) atoms. The van der Waals surface area contributed by atoms with Gasteiger partial charge >= 0.3 is 0 Å². The highest BCUT2D eigenvalue weighted by molar-refractivity contribution is 6.58. The molecule has 1 saturated heterocycles. The highest BCUT2D eigenvalue weighted by Gasteiger charge is 2.30. The van der Waals surface area contributed by atoms with Crippen LogP contribution >= 0.6 is 0 Å². The number of rotatable bonds is 5. The van der Waals surface area contributed by atoms with Crippen molar-refractivity contribution in [3.63, 3.8) is 0 Å². The van der Waals surface area contributed by atoms with Crippen molar-refractivity contribution < 1.29 is 9.94 Å². The minimum atomic E-state index is 0.000364. The Bertz CT molecular complexity index is 1130. The molecule has 0 saturated carbocycles. The summed E-state index contributed by atoms with van der Waals surface area (Å²) < 4.78 is 0. The Hall–Kier alpha value is -3.30. The summed E-state index contributed by atoms with van der Waals surface area (Å²) in [5, 5.41) is 15.7. The molecule has 5 rings (SSSR count). The molecule has 0 aliphatic carbocycles. The summed E-state index contributed by atoms with van der Waals surface area (Å²) in [6, 6.07) is 7.46. The second kappa shape index (κ2) is 7.85. The molecule has 3 aromatic rings. The zero-order valence-corrected chi connectivity index (χ0v) is 16.7. The van der Waals surface area contributed by atoms with Gasteiger partial charge < -0.3 is 19.8 Å². The number of nitrogens with one attached hydrogen (secondary N) is 1. The van der Waals surface area contributed by atoms with Gasteiger partial charge in [-0.2, -0.15) is 0 Å². The van der Waals surface area contributed by atoms with E-state index < -0.39 is 0 Å². The van der Waals surface area contributed by atoms with E-state index in [9.17, 15) is 5.11 Å². The van der Waals surface area contributed by atoms with Crippen molar-refractivity contribution >= 4 is 28.3 Å². The van der Waals surface area contributed by atoms with Gasteiger partial charge in [0.2, 0.25) is 0 Å². The maximum Gasteiger partial charge on any atom is 0.200 e. The van der Waals surface area contributed by atoms with Crippen molar-refractivity contribution in [3.05, 3.63) is 47.8 Å². The van der Waals surface area contributed by atoms with Crippen LogP contribution in [-0.4, -0.2) is 87.7 Å². The molecule has 1 fully saturated rings. The molecular weight excluding hydrogens is 382 g/mol. The van der Waals surface area contributed by atoms with Gasteiger partial charge in [0.05, 0.1) is 11.1 Å². The normalized spacial score (nSPS) is 18.7. The summed E-state index contributed by atoms with van der Waals surface area (Å²) in [7, 11) is 2.14. The zero-order chi connectivity index (χ0) is 20.5. The Morgan fingerprint density at radius 1 is 1.13 bits per heavy atom. The molecule has 9 heteroatoms. The van der Waals surface area contributed by atoms with E-state index in [2.05, 4.69) is 41.9 Å². The third-order valence-corrected chi connectivity index (χ3v) is 5.52. The van der Waals surface area contributed by atoms with Gasteiger partial charge in [0, 0.05) is 50.5 Å². The van der Waals surface area contributed by atoms with E-state index in [4.69, 9.17) is 4.84 Å². The van der Waals surface area contributed by atoms with Crippen molar-refractivity contribution in [1.29, 1.82) is 0 Å². The molecule has 154 valence electrons. The lowest BCUT2D eigenvalue weighted by Gasteiger charge is -2.31. The minimum absolute atomic E-state index is 0.000364. The number of oxime groups is 1. The molecule has 0 radical (unpaired) electrons. The van der Waals surface area contributed by atoms with E-state index in [0.717, 1.165) is 43.7 Å². The SMILES string of the molecule is CN1CCN(CCO/N=C2/C(c3c(O)[nH]c4ncccc34)=Nc3ncccc32)CC1. The van der Waals surface area contributed by atoms with Gasteiger partial charge in [-0.1, -0.05) is 5.16 Å². The average Bonchev–Trinajstić information content (AvgIpc) is 3.28. The van der Waals surface area contributed by atoms with E-state index in [1.807, 2.05) is 24.3 Å². The van der Waals surface area contributed by atoms with Crippen LogP contribution in [0.5, 0.6) is 5.88 Å². The molecule has 3 aromatic heterocycles. The summed E-state index contributed by atoms with van der Waals surface area (Å²) in [6.07, 6.45) is 3.36. The van der Waals surface area contributed by atoms with E-state index in [1.54, 1.807) is 12.4 Å². The van der Waals surface area contributed by atoms with E-state index in [0.29, 0.717) is 35.1 Å². The van der Waals surface area contributed by atoms with Crippen LogP contribution in [0.15, 0.2) is 46.8 Å². The molecule has 0 unspecified atom stereocenters. The number of likely N-dealkylation sites (N-methyl/N-ethyl adjacent to an activating group) is 1. The van der Waals surface area contributed by atoms with Crippen LogP contribution in [0.2, 0.25) is 0 Å². The van der Waals surface area contributed by atoms with Gasteiger partial charge in [0.1, 0.15) is 23.7 Å². The van der Waals surface area contributed by atoms with E-state index in [1.165, 1.54) is 0 Å². The predicted octanol–water partition coefficient (Wildman–Crippen LogP) is 1.77. The molecular formula is C21H23N7O2. The number of hydrogen-bond donors (Lipinski definition) is 2. The first-order valence-corrected chi connectivity index (χ1v) is 10.0. The van der Waals surface area contributed by atoms with Gasteiger partial charge in [-0.05, 0) is 31.3 Å². The van der Waals surface area contributed by atoms with Crippen molar-refractivity contribution in [2.24, 2.45) is 10.1 Å². The smallest absolute Gasteiger partial charge is 0.200 e. The maximum atomic E-state index is 10.6. The molecule has 2 aliphatic heterocycles. The lowest BCUT2D eigenvalue weighted by atomic mass is 10.0. The first kappa shape index (κ1) is 18.7. The molecule has 0 amide bonds. The summed E-state index contributed by atoms with van der Waals surface area (Å²) >= 11 is 0. The molecule has 0 spiro atoms. The average molecular weight is 405 g/mol. The second-order valence-electron chi connectivity index (χ2n) is 7.50. The fourth-order valence-electron chi connectivity index (χ4n) is 3.82. The number of fused-ring (bicyclic) bond motifs is 2. The molecule has 2 N–H and O–H groups in total. The summed E-state index contributed by atoms with van der Waals surface area (Å²) in [5.41, 5.74) is 3.02. The molecule has 0 bridgehead atoms. The lowest BCUT2D eigenvalue weighted by Crippen LogP contribution is -2.45. The molecule has 9 nitrogen and oxygen atoms in total. The number of aromatic amines is 1. The topological polar surface area (TPSA) is 102 Å². The number of aliphatic imine (C=N–C) groups is 1. The van der Waals surface area contributed by atoms with Crippen LogP contribution in [0, 0.1) is 0 Å². The van der Waals surface area contributed by atoms with Crippen molar-refractivity contribution in [2.45, 2.75) is 0 Å². The molecule has 0 atom stereocenters. The zero-order valence-electron chi connectivity index (χ0n) is 16.7. The number of nitrogens with zero attached hydrogens (tertiary/aromatic N) is 6. The lowest BCUT2D eigenvalue weighted by molar-refractivity contribution is 0.0864. The monoisotopic (exact) mass is 405 g/mol. The summed E-state index contributed by atoms with van der Waals surface area (Å²) in [6.45, 7) is 5.51. The van der Waals surface area contributed by atoms with Crippen molar-refractivity contribution in [2.75, 3.05) is 46.4 Å². The Labute approximate surface area is 173 Å². The third kappa shape index (κ3) is 3.42. The van der Waals surface area contributed by atoms with Gasteiger partial charge in [-0.3, -0.25) is 4.90 Å². The Morgan fingerprint density at radius 3 is 2.80 bits per heavy atom. The van der Waals surface area contributed by atoms with Gasteiger partial charge in [0.25, 0.3) is 0 Å². The third-order valence-electron chi connectivity index (χ3n) is 5.52. The van der Waals surface area contributed by atoms with Crippen LogP contribution in [0.1, 0.15) is 11.1 Å². The highest BCUT2D eigenvalue weighted by Crippen LogP contribution is 2.33. The first-order valence-electron chi connectivity index (χ1n) is 10.0. The highest BCUT2D eigenvalue weighted by atomic mass is 16.6. The number of hydrogen-bond acceptors (Lipinski definition) is 8. The number of aromatic nitrogens is 3. The summed E-state index contributed by atoms with van der Waals surface area (Å²) in [4.78, 5) is 26.6. The first-order chi connectivity index (χ1) is 14.7. The second-order valence-corrected chi connectivity index (χ2v) is 7.50. The molecule has 5 heterocycles. The van der Waals surface area contributed by atoms with Crippen molar-refractivity contribution in [3.8, 4) is 5.88 Å². The van der Waals surface area contributed by atoms with E-state index >= 15 is 0 Å². The van der Waals surface area contributed by atoms with Crippen LogP contribution in [0.4, 0.5) is 5.82 Å². The Morgan fingerprint density at radius 2 is 1.93 bits per heavy atom.